The highest BCUT2D eigenvalue weighted by molar-refractivity contribution is 6.08. The second-order valence-electron chi connectivity index (χ2n) is 17.8. The van der Waals surface area contributed by atoms with Crippen molar-refractivity contribution < 1.29 is 4.42 Å². The van der Waals surface area contributed by atoms with E-state index >= 15 is 0 Å². The average molecular weight is 805 g/mol. The zero-order valence-electron chi connectivity index (χ0n) is 35.0. The van der Waals surface area contributed by atoms with E-state index < -0.39 is 0 Å². The number of aryl methyl sites for hydroxylation is 1. The van der Waals surface area contributed by atoms with Crippen molar-refractivity contribution in [2.45, 2.75) is 30.6 Å². The van der Waals surface area contributed by atoms with Crippen LogP contribution in [0.2, 0.25) is 0 Å². The fourth-order valence-electron chi connectivity index (χ4n) is 11.7. The molecule has 0 N–H and O–H groups in total. The van der Waals surface area contributed by atoms with E-state index in [4.69, 9.17) is 4.42 Å². The molecule has 1 heterocycles. The Morgan fingerprint density at radius 3 is 1.81 bits per heavy atom. The molecule has 0 aliphatic heterocycles. The van der Waals surface area contributed by atoms with Gasteiger partial charge in [-0.15, -0.1) is 0 Å². The normalized spacial score (nSPS) is 15.9. The topological polar surface area (TPSA) is 13.1 Å². The van der Waals surface area contributed by atoms with Crippen LogP contribution in [0.1, 0.15) is 57.7 Å². The van der Waals surface area contributed by atoms with E-state index in [0.29, 0.717) is 11.8 Å². The minimum atomic E-state index is -0.331. The summed E-state index contributed by atoms with van der Waals surface area (Å²) in [6.07, 6.45) is 10.3. The highest BCUT2D eigenvalue weighted by Crippen LogP contribution is 2.62. The standard InChI is InChI=1S/C62H44O/c1-2-15-47-41(13-1)14-11-20-48(47)44-33-29-42(30-34-44)46(43-31-35-45(36-32-43)49-21-12-22-55-54-19-6-10-26-60(54)63-61(49)55)37-27-40-28-38-53-52-18-5-9-25-58(52)62(59(53)39-40)56-23-7-3-16-50(56)51-17-4-8-24-57(51)62/h1-26,28-31,33-36,38-39,43,46H,27,32,37H2. The SMILES string of the molecule is C1=CC(C(CCc2ccc3c(c2)C2(c4ccccc4-c4ccccc42)c2ccccc2-3)c2ccc(-c3cccc4ccccc34)cc2)CC=C1c1cccc2c1oc1ccccc12. The van der Waals surface area contributed by atoms with Gasteiger partial charge in [-0.3, -0.25) is 0 Å². The summed E-state index contributed by atoms with van der Waals surface area (Å²) >= 11 is 0. The maximum Gasteiger partial charge on any atom is 0.143 e. The Morgan fingerprint density at radius 1 is 0.492 bits per heavy atom. The van der Waals surface area contributed by atoms with Gasteiger partial charge in [-0.2, -0.15) is 0 Å². The lowest BCUT2D eigenvalue weighted by Crippen LogP contribution is -2.26. The van der Waals surface area contributed by atoms with Gasteiger partial charge < -0.3 is 4.42 Å². The molecule has 0 amide bonds. The van der Waals surface area contributed by atoms with E-state index in [1.54, 1.807) is 0 Å². The molecule has 1 heteroatoms. The van der Waals surface area contributed by atoms with Gasteiger partial charge in [-0.1, -0.05) is 212 Å². The van der Waals surface area contributed by atoms with E-state index in [1.165, 1.54) is 93.9 Å². The molecule has 0 fully saturated rings. The quantitative estimate of drug-likeness (QED) is 0.156. The summed E-state index contributed by atoms with van der Waals surface area (Å²) in [5.41, 5.74) is 20.3. The van der Waals surface area contributed by atoms with Gasteiger partial charge in [0.1, 0.15) is 11.2 Å². The fraction of sp³-hybridized carbons (Fsp3) is 0.0968. The van der Waals surface area contributed by atoms with Crippen LogP contribution in [0.3, 0.4) is 0 Å². The maximum absolute atomic E-state index is 6.49. The van der Waals surface area contributed by atoms with Gasteiger partial charge in [0.05, 0.1) is 5.41 Å². The summed E-state index contributed by atoms with van der Waals surface area (Å²) in [4.78, 5) is 0. The van der Waals surface area contributed by atoms with Gasteiger partial charge in [0.2, 0.25) is 0 Å². The van der Waals surface area contributed by atoms with Gasteiger partial charge in [0, 0.05) is 16.3 Å². The summed E-state index contributed by atoms with van der Waals surface area (Å²) in [5.74, 6) is 0.681. The van der Waals surface area contributed by atoms with E-state index in [-0.39, 0.29) is 5.41 Å². The van der Waals surface area contributed by atoms with E-state index in [1.807, 2.05) is 0 Å². The number of hydrogen-bond donors (Lipinski definition) is 0. The van der Waals surface area contributed by atoms with Crippen LogP contribution in [-0.2, 0) is 11.8 Å². The van der Waals surface area contributed by atoms with Crippen LogP contribution in [0.25, 0.3) is 71.7 Å². The van der Waals surface area contributed by atoms with Gasteiger partial charge >= 0.3 is 0 Å². The molecule has 2 atom stereocenters. The zero-order chi connectivity index (χ0) is 41.5. The largest absolute Gasteiger partial charge is 0.455 e. The Labute approximate surface area is 368 Å². The number of para-hydroxylation sites is 2. The molecule has 0 bridgehead atoms. The highest BCUT2D eigenvalue weighted by atomic mass is 16.3. The van der Waals surface area contributed by atoms with E-state index in [0.717, 1.165) is 36.0 Å². The van der Waals surface area contributed by atoms with Gasteiger partial charge in [0.15, 0.2) is 0 Å². The summed E-state index contributed by atoms with van der Waals surface area (Å²) in [6, 6.07) is 74.6. The Morgan fingerprint density at radius 2 is 1.08 bits per heavy atom. The average Bonchev–Trinajstić information content (AvgIpc) is 3.98. The summed E-state index contributed by atoms with van der Waals surface area (Å²) < 4.78 is 6.49. The van der Waals surface area contributed by atoms with Crippen molar-refractivity contribution in [1.29, 1.82) is 0 Å². The van der Waals surface area contributed by atoms with Crippen LogP contribution >= 0.6 is 0 Å². The number of fused-ring (bicyclic) bond motifs is 14. The molecule has 1 nitrogen and oxygen atoms in total. The molecule has 1 spiro atoms. The molecule has 9 aromatic carbocycles. The van der Waals surface area contributed by atoms with Crippen LogP contribution in [0.4, 0.5) is 0 Å². The highest BCUT2D eigenvalue weighted by Gasteiger charge is 2.51. The number of furan rings is 1. The van der Waals surface area contributed by atoms with Crippen LogP contribution in [0, 0.1) is 5.92 Å². The molecule has 0 radical (unpaired) electrons. The van der Waals surface area contributed by atoms with E-state index in [2.05, 4.69) is 218 Å². The third-order valence-electron chi connectivity index (χ3n) is 14.6. The fourth-order valence-corrected chi connectivity index (χ4v) is 11.7. The second-order valence-corrected chi connectivity index (χ2v) is 17.8. The molecule has 3 aliphatic rings. The molecule has 3 aliphatic carbocycles. The molecular weight excluding hydrogens is 761 g/mol. The smallest absolute Gasteiger partial charge is 0.143 e. The van der Waals surface area contributed by atoms with E-state index in [9.17, 15) is 0 Å². The van der Waals surface area contributed by atoms with Crippen molar-refractivity contribution in [2.75, 3.05) is 0 Å². The molecular formula is C62H44O. The van der Waals surface area contributed by atoms with Gasteiger partial charge in [0.25, 0.3) is 0 Å². The third kappa shape index (κ3) is 5.49. The van der Waals surface area contributed by atoms with Crippen LogP contribution in [-0.4, -0.2) is 0 Å². The number of hydrogen-bond acceptors (Lipinski definition) is 1. The molecule has 298 valence electrons. The van der Waals surface area contributed by atoms with Crippen molar-refractivity contribution in [3.8, 4) is 33.4 Å². The lowest BCUT2D eigenvalue weighted by molar-refractivity contribution is 0.478. The Kier molecular flexibility index (Phi) is 8.21. The van der Waals surface area contributed by atoms with Crippen LogP contribution < -0.4 is 0 Å². The maximum atomic E-state index is 6.49. The minimum Gasteiger partial charge on any atom is -0.455 e. The van der Waals surface area contributed by atoms with Crippen molar-refractivity contribution in [1.82, 2.24) is 0 Å². The number of rotatable bonds is 7. The predicted octanol–water partition coefficient (Wildman–Crippen LogP) is 16.1. The van der Waals surface area contributed by atoms with Crippen molar-refractivity contribution in [2.24, 2.45) is 5.92 Å². The molecule has 0 saturated heterocycles. The molecule has 1 aromatic heterocycles. The van der Waals surface area contributed by atoms with Crippen molar-refractivity contribution in [3.05, 3.63) is 257 Å². The number of benzene rings is 9. The molecule has 13 rings (SSSR count). The zero-order valence-corrected chi connectivity index (χ0v) is 35.0. The Balaban J connectivity index is 0.875. The first-order chi connectivity index (χ1) is 31.2. The monoisotopic (exact) mass is 804 g/mol. The summed E-state index contributed by atoms with van der Waals surface area (Å²) in [5, 5.41) is 4.91. The van der Waals surface area contributed by atoms with Gasteiger partial charge in [-0.25, -0.2) is 0 Å². The van der Waals surface area contributed by atoms with Crippen LogP contribution in [0.5, 0.6) is 0 Å². The molecule has 10 aromatic rings. The first kappa shape index (κ1) is 36.2. The first-order valence-electron chi connectivity index (χ1n) is 22.5. The van der Waals surface area contributed by atoms with Gasteiger partial charge in [-0.05, 0) is 120 Å². The predicted molar refractivity (Wildman–Crippen MR) is 262 cm³/mol. The summed E-state index contributed by atoms with van der Waals surface area (Å²) in [6.45, 7) is 0. The summed E-state index contributed by atoms with van der Waals surface area (Å²) in [7, 11) is 0. The van der Waals surface area contributed by atoms with Crippen molar-refractivity contribution >= 4 is 38.3 Å². The lowest BCUT2D eigenvalue weighted by atomic mass is 9.70. The van der Waals surface area contributed by atoms with Crippen LogP contribution in [0.15, 0.2) is 223 Å². The Bertz CT molecular complexity index is 3430. The third-order valence-corrected chi connectivity index (χ3v) is 14.6. The minimum absolute atomic E-state index is 0.329. The van der Waals surface area contributed by atoms with Crippen molar-refractivity contribution in [3.63, 3.8) is 0 Å². The second kappa shape index (κ2) is 14.3. The Hall–Kier alpha value is -7.48. The molecule has 0 saturated carbocycles. The first-order valence-corrected chi connectivity index (χ1v) is 22.5. The molecule has 63 heavy (non-hydrogen) atoms. The number of allylic oxidation sites excluding steroid dienone is 4. The molecule has 2 unspecified atom stereocenters. The lowest BCUT2D eigenvalue weighted by Gasteiger charge is -2.31.